The minimum atomic E-state index is -0.389. The molecule has 2 heterocycles. The van der Waals surface area contributed by atoms with Gasteiger partial charge in [-0.1, -0.05) is 0 Å². The zero-order chi connectivity index (χ0) is 14.5. The van der Waals surface area contributed by atoms with Crippen LogP contribution in [-0.2, 0) is 14.1 Å². The summed E-state index contributed by atoms with van der Waals surface area (Å²) in [4.78, 5) is 28.5. The molecule has 19 heavy (non-hydrogen) atoms. The van der Waals surface area contributed by atoms with Crippen LogP contribution in [0.25, 0.3) is 11.2 Å². The van der Waals surface area contributed by atoms with Crippen molar-refractivity contribution in [3.63, 3.8) is 0 Å². The molecule has 7 nitrogen and oxygen atoms in total. The molecule has 2 aromatic heterocycles. The Labute approximate surface area is 110 Å². The van der Waals surface area contributed by atoms with Gasteiger partial charge >= 0.3 is 5.69 Å². The van der Waals surface area contributed by atoms with Crippen molar-refractivity contribution in [3.05, 3.63) is 26.7 Å². The number of imidazole rings is 1. The Bertz CT molecular complexity index is 748. The van der Waals surface area contributed by atoms with Gasteiger partial charge in [0.2, 0.25) is 0 Å². The standard InChI is InChI=1S/C12H19N5O2/c1-6(2)17-9(7(3)13)14-8-10(17)15(4)12(19)16(5)11(8)18/h6-7H,13H2,1-5H3. The molecule has 2 aromatic rings. The maximum atomic E-state index is 12.1. The number of rotatable bonds is 2. The average molecular weight is 265 g/mol. The van der Waals surface area contributed by atoms with E-state index in [0.717, 1.165) is 4.57 Å². The molecule has 2 N–H and O–H groups in total. The molecule has 0 radical (unpaired) electrons. The minimum absolute atomic E-state index is 0.0590. The minimum Gasteiger partial charge on any atom is -0.322 e. The van der Waals surface area contributed by atoms with Gasteiger partial charge in [-0.05, 0) is 20.8 Å². The Morgan fingerprint density at radius 2 is 1.68 bits per heavy atom. The van der Waals surface area contributed by atoms with Gasteiger partial charge in [0.25, 0.3) is 5.56 Å². The summed E-state index contributed by atoms with van der Waals surface area (Å²) in [5.74, 6) is 0.614. The maximum Gasteiger partial charge on any atom is 0.332 e. The molecular weight excluding hydrogens is 246 g/mol. The Kier molecular flexibility index (Phi) is 3.09. The first-order valence-corrected chi connectivity index (χ1v) is 6.20. The second-order valence-electron chi connectivity index (χ2n) is 5.10. The molecule has 0 spiro atoms. The van der Waals surface area contributed by atoms with Crippen LogP contribution in [0.5, 0.6) is 0 Å². The van der Waals surface area contributed by atoms with Crippen LogP contribution >= 0.6 is 0 Å². The van der Waals surface area contributed by atoms with Crippen molar-refractivity contribution < 1.29 is 0 Å². The number of nitrogens with zero attached hydrogens (tertiary/aromatic N) is 4. The summed E-state index contributed by atoms with van der Waals surface area (Å²) in [6.07, 6.45) is 0. The van der Waals surface area contributed by atoms with E-state index in [9.17, 15) is 9.59 Å². The van der Waals surface area contributed by atoms with Crippen molar-refractivity contribution in [1.82, 2.24) is 18.7 Å². The fourth-order valence-electron chi connectivity index (χ4n) is 2.30. The van der Waals surface area contributed by atoms with Gasteiger partial charge in [0.05, 0.1) is 6.04 Å². The number of hydrogen-bond donors (Lipinski definition) is 1. The molecule has 0 aliphatic rings. The molecule has 0 saturated carbocycles. The van der Waals surface area contributed by atoms with Crippen LogP contribution < -0.4 is 17.0 Å². The summed E-state index contributed by atoms with van der Waals surface area (Å²) >= 11 is 0. The van der Waals surface area contributed by atoms with Gasteiger partial charge in [0.15, 0.2) is 5.52 Å². The maximum absolute atomic E-state index is 12.1. The van der Waals surface area contributed by atoms with Crippen molar-refractivity contribution in [1.29, 1.82) is 0 Å². The molecule has 7 heteroatoms. The SMILES string of the molecule is CC(N)c1nc2c(=O)n(C)c(=O)n(C)c2n1C(C)C. The van der Waals surface area contributed by atoms with E-state index in [0.29, 0.717) is 11.5 Å². The van der Waals surface area contributed by atoms with Crippen molar-refractivity contribution in [2.45, 2.75) is 32.9 Å². The van der Waals surface area contributed by atoms with E-state index in [4.69, 9.17) is 5.73 Å². The zero-order valence-corrected chi connectivity index (χ0v) is 11.8. The van der Waals surface area contributed by atoms with E-state index < -0.39 is 0 Å². The summed E-state index contributed by atoms with van der Waals surface area (Å²) in [6.45, 7) is 5.74. The molecule has 0 fully saturated rings. The normalized spacial score (nSPS) is 13.4. The van der Waals surface area contributed by atoms with E-state index >= 15 is 0 Å². The van der Waals surface area contributed by atoms with Gasteiger partial charge in [-0.25, -0.2) is 9.78 Å². The third-order valence-corrected chi connectivity index (χ3v) is 3.24. The third-order valence-electron chi connectivity index (χ3n) is 3.24. The molecule has 0 bridgehead atoms. The average Bonchev–Trinajstić information content (AvgIpc) is 2.74. The first-order valence-electron chi connectivity index (χ1n) is 6.20. The predicted molar refractivity (Wildman–Crippen MR) is 73.2 cm³/mol. The van der Waals surface area contributed by atoms with Crippen molar-refractivity contribution >= 4 is 11.2 Å². The molecule has 1 atom stereocenters. The third kappa shape index (κ3) is 1.81. The Balaban J connectivity index is 3.10. The highest BCUT2D eigenvalue weighted by molar-refractivity contribution is 5.71. The van der Waals surface area contributed by atoms with Gasteiger partial charge in [-0.15, -0.1) is 0 Å². The highest BCUT2D eigenvalue weighted by Gasteiger charge is 2.21. The van der Waals surface area contributed by atoms with Crippen LogP contribution in [0.2, 0.25) is 0 Å². The number of fused-ring (bicyclic) bond motifs is 1. The highest BCUT2D eigenvalue weighted by atomic mass is 16.2. The number of hydrogen-bond acceptors (Lipinski definition) is 4. The van der Waals surface area contributed by atoms with E-state index in [1.165, 1.54) is 11.6 Å². The lowest BCUT2D eigenvalue weighted by atomic mass is 10.3. The second kappa shape index (κ2) is 4.34. The quantitative estimate of drug-likeness (QED) is 0.830. The largest absolute Gasteiger partial charge is 0.332 e. The lowest BCUT2D eigenvalue weighted by molar-refractivity contribution is 0.544. The number of aryl methyl sites for hydroxylation is 1. The Morgan fingerprint density at radius 3 is 2.16 bits per heavy atom. The number of aromatic nitrogens is 4. The van der Waals surface area contributed by atoms with Gasteiger partial charge in [0.1, 0.15) is 11.5 Å². The van der Waals surface area contributed by atoms with Gasteiger partial charge < -0.3 is 10.3 Å². The van der Waals surface area contributed by atoms with Crippen LogP contribution in [-0.4, -0.2) is 18.7 Å². The first kappa shape index (κ1) is 13.5. The monoisotopic (exact) mass is 265 g/mol. The predicted octanol–water partition coefficient (Wildman–Crippen LogP) is 0.0343. The van der Waals surface area contributed by atoms with Crippen LogP contribution in [0.15, 0.2) is 9.59 Å². The summed E-state index contributed by atoms with van der Waals surface area (Å²) in [5.41, 5.74) is 5.96. The molecule has 0 aromatic carbocycles. The smallest absolute Gasteiger partial charge is 0.322 e. The van der Waals surface area contributed by atoms with Gasteiger partial charge in [-0.3, -0.25) is 13.9 Å². The fraction of sp³-hybridized carbons (Fsp3) is 0.583. The molecule has 0 aliphatic carbocycles. The number of nitrogens with two attached hydrogens (primary N) is 1. The highest BCUT2D eigenvalue weighted by Crippen LogP contribution is 2.20. The van der Waals surface area contributed by atoms with Crippen molar-refractivity contribution in [2.75, 3.05) is 0 Å². The van der Waals surface area contributed by atoms with Gasteiger partial charge in [-0.2, -0.15) is 0 Å². The molecular formula is C12H19N5O2. The summed E-state index contributed by atoms with van der Waals surface area (Å²) in [7, 11) is 3.08. The lowest BCUT2D eigenvalue weighted by Gasteiger charge is -2.16. The first-order chi connectivity index (χ1) is 8.77. The molecule has 0 aliphatic heterocycles. The van der Waals surface area contributed by atoms with Crippen LogP contribution in [0.1, 0.15) is 38.7 Å². The van der Waals surface area contributed by atoms with E-state index in [1.807, 2.05) is 25.3 Å². The van der Waals surface area contributed by atoms with E-state index in [1.54, 1.807) is 7.05 Å². The zero-order valence-electron chi connectivity index (χ0n) is 11.8. The second-order valence-corrected chi connectivity index (χ2v) is 5.10. The van der Waals surface area contributed by atoms with Gasteiger partial charge in [0, 0.05) is 20.1 Å². The van der Waals surface area contributed by atoms with Crippen LogP contribution in [0.3, 0.4) is 0 Å². The summed E-state index contributed by atoms with van der Waals surface area (Å²) in [5, 5.41) is 0. The summed E-state index contributed by atoms with van der Waals surface area (Å²) < 4.78 is 4.35. The van der Waals surface area contributed by atoms with E-state index in [2.05, 4.69) is 4.98 Å². The van der Waals surface area contributed by atoms with Crippen LogP contribution in [0, 0.1) is 0 Å². The molecule has 0 amide bonds. The summed E-state index contributed by atoms with van der Waals surface area (Å²) in [6, 6.07) is -0.252. The molecule has 104 valence electrons. The topological polar surface area (TPSA) is 87.8 Å². The van der Waals surface area contributed by atoms with Crippen molar-refractivity contribution in [3.8, 4) is 0 Å². The lowest BCUT2D eigenvalue weighted by Crippen LogP contribution is -2.37. The molecule has 0 saturated heterocycles. The Morgan fingerprint density at radius 1 is 1.11 bits per heavy atom. The Hall–Kier alpha value is -1.89. The molecule has 1 unspecified atom stereocenters. The van der Waals surface area contributed by atoms with Crippen LogP contribution in [0.4, 0.5) is 0 Å². The van der Waals surface area contributed by atoms with Crippen molar-refractivity contribution in [2.24, 2.45) is 19.8 Å². The fourth-order valence-corrected chi connectivity index (χ4v) is 2.30. The molecule has 2 rings (SSSR count). The van der Waals surface area contributed by atoms with E-state index in [-0.39, 0.29) is 28.8 Å².